The Hall–Kier alpha value is -0.120. The average molecular weight is 145 g/mol. The molecule has 3 nitrogen and oxygen atoms in total. The number of nitrogens with one attached hydrogen (secondary N) is 1. The fraction of sp³-hybridized carbons (Fsp3) is 1.00. The maximum absolute atomic E-state index is 8.76. The summed E-state index contributed by atoms with van der Waals surface area (Å²) in [6.07, 6.45) is -0.0243. The van der Waals surface area contributed by atoms with Gasteiger partial charge in [0.05, 0.1) is 18.3 Å². The van der Waals surface area contributed by atoms with Gasteiger partial charge in [-0.25, -0.2) is 0 Å². The molecule has 0 aliphatic carbocycles. The van der Waals surface area contributed by atoms with Crippen LogP contribution in [0.4, 0.5) is 0 Å². The molecule has 3 heteroatoms. The van der Waals surface area contributed by atoms with E-state index in [1.165, 1.54) is 0 Å². The zero-order valence-corrected chi connectivity index (χ0v) is 6.55. The first-order valence-corrected chi connectivity index (χ1v) is 3.63. The Labute approximate surface area is 61.4 Å². The SMILES string of the molecule is CC1(C)CNC[C@H](CO)O1. The molecule has 2 N–H and O–H groups in total. The fourth-order valence-corrected chi connectivity index (χ4v) is 1.17. The molecule has 1 atom stereocenters. The Morgan fingerprint density at radius 3 is 2.80 bits per heavy atom. The average Bonchev–Trinajstić information content (AvgIpc) is 1.86. The van der Waals surface area contributed by atoms with Gasteiger partial charge in [0.1, 0.15) is 0 Å². The maximum atomic E-state index is 8.76. The first-order valence-electron chi connectivity index (χ1n) is 3.63. The molecule has 10 heavy (non-hydrogen) atoms. The smallest absolute Gasteiger partial charge is 0.0937 e. The molecule has 0 radical (unpaired) electrons. The van der Waals surface area contributed by atoms with E-state index in [-0.39, 0.29) is 18.3 Å². The molecule has 0 amide bonds. The summed E-state index contributed by atoms with van der Waals surface area (Å²) in [6.45, 7) is 5.77. The monoisotopic (exact) mass is 145 g/mol. The molecular formula is C7H15NO2. The molecule has 0 unspecified atom stereocenters. The van der Waals surface area contributed by atoms with Gasteiger partial charge in [-0.1, -0.05) is 0 Å². The van der Waals surface area contributed by atoms with Crippen LogP contribution >= 0.6 is 0 Å². The summed E-state index contributed by atoms with van der Waals surface area (Å²) in [5.41, 5.74) is -0.119. The van der Waals surface area contributed by atoms with Gasteiger partial charge in [0.25, 0.3) is 0 Å². The van der Waals surface area contributed by atoms with Gasteiger partial charge in [0.2, 0.25) is 0 Å². The third-order valence-corrected chi connectivity index (χ3v) is 1.61. The molecule has 1 saturated heterocycles. The van der Waals surface area contributed by atoms with E-state index in [9.17, 15) is 0 Å². The second kappa shape index (κ2) is 2.86. The van der Waals surface area contributed by atoms with Crippen LogP contribution in [0, 0.1) is 0 Å². The predicted octanol–water partition coefficient (Wildman–Crippen LogP) is -0.254. The van der Waals surface area contributed by atoms with Crippen molar-refractivity contribution < 1.29 is 9.84 Å². The van der Waals surface area contributed by atoms with Crippen LogP contribution in [0.5, 0.6) is 0 Å². The second-order valence-corrected chi connectivity index (χ2v) is 3.31. The largest absolute Gasteiger partial charge is 0.394 e. The summed E-state index contributed by atoms with van der Waals surface area (Å²) >= 11 is 0. The van der Waals surface area contributed by atoms with Gasteiger partial charge < -0.3 is 15.2 Å². The van der Waals surface area contributed by atoms with Crippen LogP contribution < -0.4 is 5.32 Å². The lowest BCUT2D eigenvalue weighted by atomic mass is 10.1. The van der Waals surface area contributed by atoms with Gasteiger partial charge in [0, 0.05) is 13.1 Å². The molecule has 0 aromatic heterocycles. The maximum Gasteiger partial charge on any atom is 0.0937 e. The number of aliphatic hydroxyl groups is 1. The zero-order valence-electron chi connectivity index (χ0n) is 6.55. The van der Waals surface area contributed by atoms with Crippen molar-refractivity contribution >= 4 is 0 Å². The van der Waals surface area contributed by atoms with Gasteiger partial charge in [0.15, 0.2) is 0 Å². The molecular weight excluding hydrogens is 130 g/mol. The number of hydrogen-bond donors (Lipinski definition) is 2. The minimum atomic E-state index is -0.119. The van der Waals surface area contributed by atoms with Crippen LogP contribution in [0.15, 0.2) is 0 Å². The molecule has 1 fully saturated rings. The Kier molecular flexibility index (Phi) is 2.28. The Morgan fingerprint density at radius 1 is 1.70 bits per heavy atom. The highest BCUT2D eigenvalue weighted by Gasteiger charge is 2.27. The van der Waals surface area contributed by atoms with E-state index in [2.05, 4.69) is 5.32 Å². The zero-order chi connectivity index (χ0) is 7.61. The van der Waals surface area contributed by atoms with Crippen LogP contribution in [-0.2, 0) is 4.74 Å². The molecule has 1 aliphatic heterocycles. The third-order valence-electron chi connectivity index (χ3n) is 1.61. The van der Waals surface area contributed by atoms with Crippen molar-refractivity contribution in [1.82, 2.24) is 5.32 Å². The lowest BCUT2D eigenvalue weighted by Crippen LogP contribution is -2.51. The highest BCUT2D eigenvalue weighted by Crippen LogP contribution is 2.14. The van der Waals surface area contributed by atoms with Gasteiger partial charge in [-0.05, 0) is 13.8 Å². The Morgan fingerprint density at radius 2 is 2.40 bits per heavy atom. The van der Waals surface area contributed by atoms with Crippen LogP contribution in [0.3, 0.4) is 0 Å². The summed E-state index contributed by atoms with van der Waals surface area (Å²) in [5, 5.41) is 11.9. The summed E-state index contributed by atoms with van der Waals surface area (Å²) < 4.78 is 5.51. The quantitative estimate of drug-likeness (QED) is 0.534. The summed E-state index contributed by atoms with van der Waals surface area (Å²) in [5.74, 6) is 0. The van der Waals surface area contributed by atoms with Gasteiger partial charge >= 0.3 is 0 Å². The second-order valence-electron chi connectivity index (χ2n) is 3.31. The standard InChI is InChI=1S/C7H15NO2/c1-7(2)5-8-3-6(4-9)10-7/h6,8-9H,3-5H2,1-2H3/t6-/m1/s1. The normalized spacial score (nSPS) is 32.1. The van der Waals surface area contributed by atoms with E-state index in [1.807, 2.05) is 13.8 Å². The molecule has 1 aliphatic rings. The van der Waals surface area contributed by atoms with Crippen LogP contribution in [0.1, 0.15) is 13.8 Å². The van der Waals surface area contributed by atoms with Crippen molar-refractivity contribution in [3.05, 3.63) is 0 Å². The first-order chi connectivity index (χ1) is 4.64. The van der Waals surface area contributed by atoms with Crippen LogP contribution in [-0.4, -0.2) is 36.5 Å². The molecule has 60 valence electrons. The number of aliphatic hydroxyl groups excluding tert-OH is 1. The van der Waals surface area contributed by atoms with Gasteiger partial charge in [-0.2, -0.15) is 0 Å². The fourth-order valence-electron chi connectivity index (χ4n) is 1.17. The summed E-state index contributed by atoms with van der Waals surface area (Å²) in [6, 6.07) is 0. The first kappa shape index (κ1) is 7.98. The van der Waals surface area contributed by atoms with Crippen molar-refractivity contribution in [3.8, 4) is 0 Å². The highest BCUT2D eigenvalue weighted by atomic mass is 16.5. The molecule has 1 rings (SSSR count). The Bertz CT molecular complexity index is 114. The number of ether oxygens (including phenoxy) is 1. The highest BCUT2D eigenvalue weighted by molar-refractivity contribution is 4.80. The predicted molar refractivity (Wildman–Crippen MR) is 38.9 cm³/mol. The molecule has 0 spiro atoms. The minimum absolute atomic E-state index is 0.0243. The number of rotatable bonds is 1. The molecule has 0 aromatic carbocycles. The van der Waals surface area contributed by atoms with Crippen molar-refractivity contribution in [2.45, 2.75) is 25.6 Å². The lowest BCUT2D eigenvalue weighted by molar-refractivity contribution is -0.110. The van der Waals surface area contributed by atoms with Crippen LogP contribution in [0.2, 0.25) is 0 Å². The lowest BCUT2D eigenvalue weighted by Gasteiger charge is -2.35. The van der Waals surface area contributed by atoms with E-state index in [0.29, 0.717) is 0 Å². The molecule has 0 aromatic rings. The minimum Gasteiger partial charge on any atom is -0.394 e. The van der Waals surface area contributed by atoms with E-state index in [0.717, 1.165) is 13.1 Å². The molecule has 0 saturated carbocycles. The molecule has 1 heterocycles. The van der Waals surface area contributed by atoms with Crippen LogP contribution in [0.25, 0.3) is 0 Å². The number of hydrogen-bond acceptors (Lipinski definition) is 3. The topological polar surface area (TPSA) is 41.5 Å². The van der Waals surface area contributed by atoms with E-state index in [4.69, 9.17) is 9.84 Å². The van der Waals surface area contributed by atoms with Crippen molar-refractivity contribution in [2.24, 2.45) is 0 Å². The third kappa shape index (κ3) is 1.94. The number of morpholine rings is 1. The summed E-state index contributed by atoms with van der Waals surface area (Å²) in [7, 11) is 0. The van der Waals surface area contributed by atoms with E-state index >= 15 is 0 Å². The van der Waals surface area contributed by atoms with Gasteiger partial charge in [-0.3, -0.25) is 0 Å². The Balaban J connectivity index is 2.40. The molecule has 0 bridgehead atoms. The van der Waals surface area contributed by atoms with Crippen molar-refractivity contribution in [3.63, 3.8) is 0 Å². The summed E-state index contributed by atoms with van der Waals surface area (Å²) in [4.78, 5) is 0. The van der Waals surface area contributed by atoms with E-state index in [1.54, 1.807) is 0 Å². The van der Waals surface area contributed by atoms with E-state index < -0.39 is 0 Å². The van der Waals surface area contributed by atoms with Crippen molar-refractivity contribution in [2.75, 3.05) is 19.7 Å². The van der Waals surface area contributed by atoms with Gasteiger partial charge in [-0.15, -0.1) is 0 Å². The van der Waals surface area contributed by atoms with Crippen molar-refractivity contribution in [1.29, 1.82) is 0 Å².